The van der Waals surface area contributed by atoms with Crippen molar-refractivity contribution < 1.29 is 36.2 Å². The number of alkyl halides is 6. The van der Waals surface area contributed by atoms with E-state index in [9.17, 15) is 36.2 Å². The van der Waals surface area contributed by atoms with E-state index in [0.717, 1.165) is 12.8 Å². The molecule has 3 aliphatic rings. The van der Waals surface area contributed by atoms with Gasteiger partial charge in [0.1, 0.15) is 18.1 Å². The first-order chi connectivity index (χ1) is 18.7. The van der Waals surface area contributed by atoms with Crippen LogP contribution in [0, 0.1) is 5.41 Å². The van der Waals surface area contributed by atoms with E-state index in [1.807, 2.05) is 0 Å². The van der Waals surface area contributed by atoms with Crippen molar-refractivity contribution in [1.29, 1.82) is 5.41 Å². The van der Waals surface area contributed by atoms with Gasteiger partial charge in [-0.05, 0) is 31.7 Å². The predicted octanol–water partition coefficient (Wildman–Crippen LogP) is 4.32. The lowest BCUT2D eigenvalue weighted by Crippen LogP contribution is -2.60. The van der Waals surface area contributed by atoms with Gasteiger partial charge in [0.25, 0.3) is 0 Å². The van der Waals surface area contributed by atoms with Crippen LogP contribution in [-0.4, -0.2) is 91.6 Å². The molecule has 40 heavy (non-hydrogen) atoms. The van der Waals surface area contributed by atoms with Crippen molar-refractivity contribution in [3.63, 3.8) is 0 Å². The summed E-state index contributed by atoms with van der Waals surface area (Å²) in [5.74, 6) is 0.0398. The van der Waals surface area contributed by atoms with Crippen molar-refractivity contribution in [3.05, 3.63) is 24.0 Å². The number of aliphatic hydroxyl groups is 1. The van der Waals surface area contributed by atoms with Gasteiger partial charge in [-0.2, -0.15) is 31.4 Å². The van der Waals surface area contributed by atoms with Gasteiger partial charge in [0.05, 0.1) is 23.1 Å². The summed E-state index contributed by atoms with van der Waals surface area (Å²) in [7, 11) is 0. The van der Waals surface area contributed by atoms with Crippen molar-refractivity contribution >= 4 is 23.2 Å². The molecule has 0 aromatic carbocycles. The van der Waals surface area contributed by atoms with Crippen LogP contribution in [0.15, 0.2) is 18.5 Å². The number of aromatic nitrogens is 3. The number of anilines is 2. The summed E-state index contributed by atoms with van der Waals surface area (Å²) in [5.41, 5.74) is -3.37. The first-order valence-electron chi connectivity index (χ1n) is 12.8. The monoisotopic (exact) mass is 574 g/mol. The minimum absolute atomic E-state index is 0.0190. The van der Waals surface area contributed by atoms with Gasteiger partial charge in [-0.1, -0.05) is 0 Å². The molecular weight excluding hydrogens is 546 g/mol. The van der Waals surface area contributed by atoms with Crippen LogP contribution in [0.2, 0.25) is 0 Å². The average Bonchev–Trinajstić information content (AvgIpc) is 3.25. The largest absolute Gasteiger partial charge is 0.417 e. The number of aromatic amines is 1. The van der Waals surface area contributed by atoms with Crippen LogP contribution in [0.5, 0.6) is 0 Å². The third kappa shape index (κ3) is 5.40. The van der Waals surface area contributed by atoms with Crippen LogP contribution in [0.3, 0.4) is 0 Å². The standard InChI is InChI=1S/C24H28F6N8O2/c25-23(26,27)13-33-15-9-16(32-10-14(15)19(31)37-6-1-2-7-37)18-17(11-34-36-18)35-20(39)38-8-5-22(40,24(28,29)30)12-21(38)3-4-21/h9-11,31,40H,1-8,12-13H2,(H,32,33)(H,34,36)(H,35,39). The minimum atomic E-state index is -4.82. The Morgan fingerprint density at radius 3 is 2.40 bits per heavy atom. The molecule has 0 bridgehead atoms. The molecule has 5 rings (SSSR count). The van der Waals surface area contributed by atoms with Gasteiger partial charge in [-0.25, -0.2) is 4.79 Å². The molecule has 10 nitrogen and oxygen atoms in total. The van der Waals surface area contributed by atoms with Crippen molar-refractivity contribution in [2.24, 2.45) is 0 Å². The number of amides is 2. The van der Waals surface area contributed by atoms with Crippen LogP contribution in [0.4, 0.5) is 42.5 Å². The van der Waals surface area contributed by atoms with E-state index in [4.69, 9.17) is 5.41 Å². The molecule has 218 valence electrons. The maximum Gasteiger partial charge on any atom is 0.417 e. The van der Waals surface area contributed by atoms with Crippen molar-refractivity contribution in [1.82, 2.24) is 25.0 Å². The van der Waals surface area contributed by atoms with E-state index < -0.39 is 48.9 Å². The lowest BCUT2D eigenvalue weighted by molar-refractivity contribution is -0.277. The topological polar surface area (TPSA) is 133 Å². The SMILES string of the molecule is N=C(c1cnc(-c2[nH]ncc2NC(=O)N2CCC(O)(C(F)(F)F)CC23CC3)cc1NCC(F)(F)F)N1CCCC1. The van der Waals surface area contributed by atoms with Gasteiger partial charge in [-0.15, -0.1) is 0 Å². The van der Waals surface area contributed by atoms with Gasteiger partial charge in [-0.3, -0.25) is 15.5 Å². The molecule has 2 aromatic heterocycles. The van der Waals surface area contributed by atoms with Crippen LogP contribution < -0.4 is 10.6 Å². The normalized spacial score (nSPS) is 22.5. The molecule has 1 atom stereocenters. The van der Waals surface area contributed by atoms with E-state index in [-0.39, 0.29) is 40.7 Å². The quantitative estimate of drug-likeness (QED) is 0.205. The molecular formula is C24H28F6N8O2. The summed E-state index contributed by atoms with van der Waals surface area (Å²) in [6.45, 7) is -0.445. The van der Waals surface area contributed by atoms with Gasteiger partial charge < -0.3 is 25.5 Å². The number of rotatable bonds is 5. The van der Waals surface area contributed by atoms with E-state index in [1.165, 1.54) is 23.4 Å². The fourth-order valence-electron chi connectivity index (χ4n) is 5.40. The number of urea groups is 1. The summed E-state index contributed by atoms with van der Waals surface area (Å²) in [4.78, 5) is 20.5. The number of H-pyrrole nitrogens is 1. The Balaban J connectivity index is 1.37. The molecule has 1 aliphatic carbocycles. The molecule has 1 unspecified atom stereocenters. The number of carbonyl (C=O) groups is 1. The molecule has 2 amide bonds. The summed E-state index contributed by atoms with van der Waals surface area (Å²) in [5, 5.41) is 30.2. The van der Waals surface area contributed by atoms with Crippen molar-refractivity contribution in [3.8, 4) is 11.4 Å². The molecule has 2 aromatic rings. The predicted molar refractivity (Wildman–Crippen MR) is 132 cm³/mol. The number of piperidine rings is 1. The summed E-state index contributed by atoms with van der Waals surface area (Å²) in [6.07, 6.45) is -5.71. The second-order valence-electron chi connectivity index (χ2n) is 10.5. The number of amidine groups is 1. The van der Waals surface area contributed by atoms with Gasteiger partial charge >= 0.3 is 18.4 Å². The smallest absolute Gasteiger partial charge is 0.380 e. The number of halogens is 6. The van der Waals surface area contributed by atoms with Crippen molar-refractivity contribution in [2.45, 2.75) is 62.0 Å². The summed E-state index contributed by atoms with van der Waals surface area (Å²) < 4.78 is 79.3. The zero-order valence-corrected chi connectivity index (χ0v) is 21.2. The van der Waals surface area contributed by atoms with Gasteiger partial charge in [0.2, 0.25) is 0 Å². The van der Waals surface area contributed by atoms with E-state index in [0.29, 0.717) is 25.9 Å². The fraction of sp³-hybridized carbons (Fsp3) is 0.583. The Kier molecular flexibility index (Phi) is 6.87. The van der Waals surface area contributed by atoms with E-state index >= 15 is 0 Å². The summed E-state index contributed by atoms with van der Waals surface area (Å²) in [6, 6.07) is 0.633. The molecule has 2 saturated heterocycles. The second-order valence-corrected chi connectivity index (χ2v) is 10.5. The van der Waals surface area contributed by atoms with Gasteiger partial charge in [0, 0.05) is 49.9 Å². The molecule has 2 aliphatic heterocycles. The number of nitrogens with one attached hydrogen (secondary N) is 4. The Morgan fingerprint density at radius 1 is 1.07 bits per heavy atom. The highest BCUT2D eigenvalue weighted by molar-refractivity contribution is 6.02. The highest BCUT2D eigenvalue weighted by Crippen LogP contribution is 2.55. The number of hydrogen-bond donors (Lipinski definition) is 5. The number of likely N-dealkylation sites (tertiary alicyclic amines) is 2. The third-order valence-electron chi connectivity index (χ3n) is 7.74. The average molecular weight is 575 g/mol. The highest BCUT2D eigenvalue weighted by atomic mass is 19.4. The van der Waals surface area contributed by atoms with E-state index in [2.05, 4.69) is 25.8 Å². The maximum atomic E-state index is 13.4. The molecule has 16 heteroatoms. The van der Waals surface area contributed by atoms with Crippen molar-refractivity contribution in [2.75, 3.05) is 36.8 Å². The molecule has 3 fully saturated rings. The fourth-order valence-corrected chi connectivity index (χ4v) is 5.40. The first kappa shape index (κ1) is 28.0. The molecule has 0 radical (unpaired) electrons. The molecule has 4 heterocycles. The summed E-state index contributed by atoms with van der Waals surface area (Å²) >= 11 is 0. The molecule has 5 N–H and O–H groups in total. The van der Waals surface area contributed by atoms with Gasteiger partial charge in [0.15, 0.2) is 5.60 Å². The lowest BCUT2D eigenvalue weighted by atomic mass is 9.84. The Morgan fingerprint density at radius 2 is 1.77 bits per heavy atom. The maximum absolute atomic E-state index is 13.4. The Bertz CT molecular complexity index is 1280. The first-order valence-corrected chi connectivity index (χ1v) is 12.8. The highest BCUT2D eigenvalue weighted by Gasteiger charge is 2.65. The Labute approximate surface area is 224 Å². The number of pyridine rings is 1. The second kappa shape index (κ2) is 9.82. The minimum Gasteiger partial charge on any atom is -0.380 e. The number of hydrogen-bond acceptors (Lipinski definition) is 6. The van der Waals surface area contributed by atoms with Crippen LogP contribution in [0.25, 0.3) is 11.4 Å². The lowest BCUT2D eigenvalue weighted by Gasteiger charge is -2.45. The van der Waals surface area contributed by atoms with Crippen LogP contribution in [0.1, 0.15) is 44.1 Å². The van der Waals surface area contributed by atoms with Crippen LogP contribution in [-0.2, 0) is 0 Å². The number of nitrogens with zero attached hydrogens (tertiary/aromatic N) is 4. The third-order valence-corrected chi connectivity index (χ3v) is 7.74. The van der Waals surface area contributed by atoms with E-state index in [1.54, 1.807) is 4.90 Å². The molecule has 1 saturated carbocycles. The zero-order valence-electron chi connectivity index (χ0n) is 21.2. The Hall–Kier alpha value is -3.56. The molecule has 1 spiro atoms. The zero-order chi connectivity index (χ0) is 28.9. The number of carbonyl (C=O) groups excluding carboxylic acids is 1. The van der Waals surface area contributed by atoms with Crippen LogP contribution >= 0.6 is 0 Å².